The number of anilines is 1. The quantitative estimate of drug-likeness (QED) is 0.899. The number of halogens is 3. The second-order valence-corrected chi connectivity index (χ2v) is 4.53. The average molecular weight is 298 g/mol. The van der Waals surface area contributed by atoms with Crippen molar-refractivity contribution in [2.45, 2.75) is 6.54 Å². The molecule has 0 unspecified atom stereocenters. The lowest BCUT2D eigenvalue weighted by Crippen LogP contribution is -2.05. The molecule has 0 amide bonds. The maximum atomic E-state index is 13.5. The molecule has 6 heteroatoms. The van der Waals surface area contributed by atoms with E-state index in [4.69, 9.17) is 16.7 Å². The molecule has 2 aromatic rings. The third-order valence-electron chi connectivity index (χ3n) is 2.69. The first-order valence-corrected chi connectivity index (χ1v) is 6.06. The van der Waals surface area contributed by atoms with Gasteiger partial charge in [0.2, 0.25) is 0 Å². The molecule has 2 N–H and O–H groups in total. The van der Waals surface area contributed by atoms with Crippen LogP contribution in [0.15, 0.2) is 36.4 Å². The van der Waals surface area contributed by atoms with Crippen molar-refractivity contribution in [1.29, 1.82) is 0 Å². The first-order valence-electron chi connectivity index (χ1n) is 5.68. The summed E-state index contributed by atoms with van der Waals surface area (Å²) in [6.45, 7) is -0.00755. The summed E-state index contributed by atoms with van der Waals surface area (Å²) in [5.74, 6) is -2.25. The molecule has 0 fully saturated rings. The van der Waals surface area contributed by atoms with Crippen molar-refractivity contribution in [3.63, 3.8) is 0 Å². The summed E-state index contributed by atoms with van der Waals surface area (Å²) in [5.41, 5.74) is 0.197. The molecule has 2 aromatic carbocycles. The Hall–Kier alpha value is -2.14. The second-order valence-electron chi connectivity index (χ2n) is 4.09. The third-order valence-corrected chi connectivity index (χ3v) is 2.93. The van der Waals surface area contributed by atoms with Gasteiger partial charge in [-0.1, -0.05) is 11.6 Å². The van der Waals surface area contributed by atoms with E-state index in [1.807, 2.05) is 0 Å². The van der Waals surface area contributed by atoms with Crippen molar-refractivity contribution in [3.05, 3.63) is 64.2 Å². The van der Waals surface area contributed by atoms with Gasteiger partial charge in [-0.25, -0.2) is 13.6 Å². The molecule has 104 valence electrons. The summed E-state index contributed by atoms with van der Waals surface area (Å²) < 4.78 is 27.0. The molecule has 0 heterocycles. The minimum atomic E-state index is -1.16. The minimum absolute atomic E-state index is 0.00755. The van der Waals surface area contributed by atoms with E-state index in [0.29, 0.717) is 5.02 Å². The second kappa shape index (κ2) is 5.88. The Balaban J connectivity index is 2.20. The Kier molecular flexibility index (Phi) is 4.20. The van der Waals surface area contributed by atoms with Gasteiger partial charge in [-0.3, -0.25) is 0 Å². The van der Waals surface area contributed by atoms with Crippen LogP contribution in [0.4, 0.5) is 14.5 Å². The van der Waals surface area contributed by atoms with Gasteiger partial charge in [0, 0.05) is 17.1 Å². The van der Waals surface area contributed by atoms with E-state index >= 15 is 0 Å². The Morgan fingerprint density at radius 2 is 1.85 bits per heavy atom. The molecular weight excluding hydrogens is 288 g/mol. The number of carboxylic acids is 1. The zero-order valence-corrected chi connectivity index (χ0v) is 10.9. The minimum Gasteiger partial charge on any atom is -0.478 e. The van der Waals surface area contributed by atoms with E-state index in [9.17, 15) is 13.6 Å². The van der Waals surface area contributed by atoms with Crippen LogP contribution in [0.2, 0.25) is 5.02 Å². The summed E-state index contributed by atoms with van der Waals surface area (Å²) in [5, 5.41) is 11.9. The highest BCUT2D eigenvalue weighted by Gasteiger charge is 2.09. The highest BCUT2D eigenvalue weighted by Crippen LogP contribution is 2.20. The van der Waals surface area contributed by atoms with Crippen molar-refractivity contribution in [3.8, 4) is 0 Å². The van der Waals surface area contributed by atoms with Gasteiger partial charge < -0.3 is 10.4 Å². The molecule has 0 aromatic heterocycles. The van der Waals surface area contributed by atoms with Crippen molar-refractivity contribution >= 4 is 23.3 Å². The fourth-order valence-corrected chi connectivity index (χ4v) is 1.86. The predicted octanol–water partition coefficient (Wildman–Crippen LogP) is 3.93. The first-order chi connectivity index (χ1) is 9.47. The van der Waals surface area contributed by atoms with Crippen LogP contribution in [0, 0.1) is 11.6 Å². The van der Waals surface area contributed by atoms with Crippen LogP contribution in [0.3, 0.4) is 0 Å². The number of hydrogen-bond acceptors (Lipinski definition) is 2. The number of carboxylic acid groups (broad SMARTS) is 1. The van der Waals surface area contributed by atoms with Gasteiger partial charge in [-0.15, -0.1) is 0 Å². The summed E-state index contributed by atoms with van der Waals surface area (Å²) in [4.78, 5) is 10.8. The summed E-state index contributed by atoms with van der Waals surface area (Å²) in [6, 6.07) is 7.39. The topological polar surface area (TPSA) is 49.3 Å². The number of nitrogens with one attached hydrogen (secondary N) is 1. The molecule has 0 saturated carbocycles. The Bertz CT molecular complexity index is 662. The molecule has 0 aliphatic rings. The standard InChI is InChI=1S/C14H10ClF2NO2/c15-10-2-4-11(16)9(5-10)7-18-13-6-8(14(19)20)1-3-12(13)17/h1-6,18H,7H2,(H,19,20). The summed E-state index contributed by atoms with van der Waals surface area (Å²) in [6.07, 6.45) is 0. The summed E-state index contributed by atoms with van der Waals surface area (Å²) in [7, 11) is 0. The Morgan fingerprint density at radius 3 is 2.55 bits per heavy atom. The molecule has 0 saturated heterocycles. The van der Waals surface area contributed by atoms with E-state index in [1.165, 1.54) is 18.2 Å². The monoisotopic (exact) mass is 297 g/mol. The van der Waals surface area contributed by atoms with E-state index in [1.54, 1.807) is 0 Å². The van der Waals surface area contributed by atoms with Gasteiger partial charge in [0.25, 0.3) is 0 Å². The molecule has 0 aliphatic heterocycles. The number of aromatic carboxylic acids is 1. The lowest BCUT2D eigenvalue weighted by molar-refractivity contribution is 0.0697. The van der Waals surface area contributed by atoms with Gasteiger partial charge in [0.05, 0.1) is 11.3 Å². The first kappa shape index (κ1) is 14.3. The number of carbonyl (C=O) groups is 1. The van der Waals surface area contributed by atoms with Gasteiger partial charge in [0.1, 0.15) is 11.6 Å². The molecule has 0 aliphatic carbocycles. The van der Waals surface area contributed by atoms with Crippen molar-refractivity contribution < 1.29 is 18.7 Å². The number of hydrogen-bond donors (Lipinski definition) is 2. The van der Waals surface area contributed by atoms with Crippen molar-refractivity contribution in [2.24, 2.45) is 0 Å². The molecule has 0 radical (unpaired) electrons. The van der Waals surface area contributed by atoms with E-state index in [-0.39, 0.29) is 23.4 Å². The lowest BCUT2D eigenvalue weighted by Gasteiger charge is -2.09. The smallest absolute Gasteiger partial charge is 0.335 e. The maximum absolute atomic E-state index is 13.5. The SMILES string of the molecule is O=C(O)c1ccc(F)c(NCc2cc(Cl)ccc2F)c1. The van der Waals surface area contributed by atoms with E-state index < -0.39 is 17.6 Å². The van der Waals surface area contributed by atoms with Crippen LogP contribution in [0.1, 0.15) is 15.9 Å². The van der Waals surface area contributed by atoms with Crippen LogP contribution in [-0.4, -0.2) is 11.1 Å². The molecule has 20 heavy (non-hydrogen) atoms. The third kappa shape index (κ3) is 3.24. The van der Waals surface area contributed by atoms with E-state index in [0.717, 1.165) is 18.2 Å². The van der Waals surface area contributed by atoms with Crippen molar-refractivity contribution in [2.75, 3.05) is 5.32 Å². The van der Waals surface area contributed by atoms with Crippen LogP contribution < -0.4 is 5.32 Å². The Morgan fingerprint density at radius 1 is 1.15 bits per heavy atom. The highest BCUT2D eigenvalue weighted by atomic mass is 35.5. The van der Waals surface area contributed by atoms with Crippen molar-refractivity contribution in [1.82, 2.24) is 0 Å². The molecule has 3 nitrogen and oxygen atoms in total. The summed E-state index contributed by atoms with van der Waals surface area (Å²) >= 11 is 5.75. The van der Waals surface area contributed by atoms with E-state index in [2.05, 4.69) is 5.32 Å². The van der Waals surface area contributed by atoms with Gasteiger partial charge in [0.15, 0.2) is 0 Å². The van der Waals surface area contributed by atoms with Crippen LogP contribution in [-0.2, 0) is 6.54 Å². The molecule has 2 rings (SSSR count). The van der Waals surface area contributed by atoms with Gasteiger partial charge in [-0.05, 0) is 36.4 Å². The highest BCUT2D eigenvalue weighted by molar-refractivity contribution is 6.30. The Labute approximate surface area is 118 Å². The van der Waals surface area contributed by atoms with Gasteiger partial charge >= 0.3 is 5.97 Å². The number of rotatable bonds is 4. The lowest BCUT2D eigenvalue weighted by atomic mass is 10.1. The zero-order chi connectivity index (χ0) is 14.7. The maximum Gasteiger partial charge on any atom is 0.335 e. The number of benzene rings is 2. The fraction of sp³-hybridized carbons (Fsp3) is 0.0714. The molecule has 0 bridgehead atoms. The van der Waals surface area contributed by atoms with Crippen LogP contribution in [0.5, 0.6) is 0 Å². The average Bonchev–Trinajstić information content (AvgIpc) is 2.41. The van der Waals surface area contributed by atoms with Crippen LogP contribution in [0.25, 0.3) is 0 Å². The fourth-order valence-electron chi connectivity index (χ4n) is 1.66. The zero-order valence-electron chi connectivity index (χ0n) is 10.2. The van der Waals surface area contributed by atoms with Crippen LogP contribution >= 0.6 is 11.6 Å². The normalized spacial score (nSPS) is 10.3. The largest absolute Gasteiger partial charge is 0.478 e. The molecular formula is C14H10ClF2NO2. The van der Waals surface area contributed by atoms with Gasteiger partial charge in [-0.2, -0.15) is 0 Å². The molecule has 0 atom stereocenters. The predicted molar refractivity (Wildman–Crippen MR) is 72.1 cm³/mol. The molecule has 0 spiro atoms.